The average Bonchev–Trinajstić information content (AvgIpc) is 3.44. The van der Waals surface area contributed by atoms with Crippen molar-refractivity contribution >= 4 is 26.9 Å². The van der Waals surface area contributed by atoms with Gasteiger partial charge in [-0.05, 0) is 74.9 Å². The Hall–Kier alpha value is -3.37. The summed E-state index contributed by atoms with van der Waals surface area (Å²) in [6.07, 6.45) is 6.78. The third kappa shape index (κ3) is 5.10. The quantitative estimate of drug-likeness (QED) is 0.438. The summed E-state index contributed by atoms with van der Waals surface area (Å²) in [5.41, 5.74) is 2.31. The highest BCUT2D eigenvalue weighted by Gasteiger charge is 2.45. The molecule has 0 bridgehead atoms. The first-order chi connectivity index (χ1) is 19.3. The van der Waals surface area contributed by atoms with Crippen LogP contribution in [0.2, 0.25) is 0 Å². The largest absolute Gasteiger partial charge is 0.453 e. The molecule has 1 aromatic heterocycles. The Morgan fingerprint density at radius 2 is 2.00 bits per heavy atom. The molecule has 1 spiro atoms. The molecule has 3 fully saturated rings. The molecule has 2 N–H and O–H groups in total. The standard InChI is InChI=1S/C28H31FN6O4S/c1-38-20-6-11-35(17-20)40(36,37)34-23-5-3-22(29)27(21(23)15-30)39-19-2-4-24-25(12-19)33-26(16-32-24)18-13-28(14-18)7-9-31-10-8-28/h2-5,12,16,18,20,31,34H,6-11,13-14,17H2,1H3/t20-/m1/s1. The van der Waals surface area contributed by atoms with Gasteiger partial charge in [0.15, 0.2) is 11.6 Å². The smallest absolute Gasteiger partial charge is 0.301 e. The summed E-state index contributed by atoms with van der Waals surface area (Å²) in [5.74, 6) is -0.530. The van der Waals surface area contributed by atoms with Crippen LogP contribution in [-0.4, -0.2) is 62.1 Å². The SMILES string of the molecule is CO[C@@H]1CCN(S(=O)(=O)Nc2ccc(F)c(Oc3ccc4ncc(C5CC6(CCNCC6)C5)nc4c3)c2C#N)C1. The average molecular weight is 567 g/mol. The molecule has 3 heterocycles. The number of benzene rings is 2. The van der Waals surface area contributed by atoms with Gasteiger partial charge in [-0.2, -0.15) is 18.0 Å². The normalized spacial score (nSPS) is 21.3. The Morgan fingerprint density at radius 3 is 2.73 bits per heavy atom. The minimum absolute atomic E-state index is 0.0699. The van der Waals surface area contributed by atoms with Crippen LogP contribution >= 0.6 is 0 Å². The van der Waals surface area contributed by atoms with Crippen molar-refractivity contribution in [2.75, 3.05) is 38.0 Å². The Bertz CT molecular complexity index is 1580. The maximum atomic E-state index is 14.9. The fourth-order valence-electron chi connectivity index (χ4n) is 6.11. The molecule has 12 heteroatoms. The van der Waals surface area contributed by atoms with E-state index in [2.05, 4.69) is 15.0 Å². The fourth-order valence-corrected chi connectivity index (χ4v) is 7.39. The van der Waals surface area contributed by atoms with Crippen molar-refractivity contribution < 1.29 is 22.3 Å². The van der Waals surface area contributed by atoms with E-state index >= 15 is 0 Å². The van der Waals surface area contributed by atoms with Gasteiger partial charge in [0.2, 0.25) is 0 Å². The summed E-state index contributed by atoms with van der Waals surface area (Å²) in [6.45, 7) is 2.59. The van der Waals surface area contributed by atoms with E-state index in [-0.39, 0.29) is 41.9 Å². The molecule has 2 aromatic carbocycles. The van der Waals surface area contributed by atoms with Crippen LogP contribution in [0.1, 0.15) is 49.3 Å². The van der Waals surface area contributed by atoms with Crippen molar-refractivity contribution in [1.82, 2.24) is 19.6 Å². The van der Waals surface area contributed by atoms with Crippen LogP contribution in [0.4, 0.5) is 10.1 Å². The summed E-state index contributed by atoms with van der Waals surface area (Å²) < 4.78 is 55.6. The molecule has 3 aliphatic rings. The summed E-state index contributed by atoms with van der Waals surface area (Å²) in [5, 5.41) is 13.3. The number of methoxy groups -OCH3 is 1. The molecule has 1 saturated carbocycles. The molecule has 1 aliphatic carbocycles. The van der Waals surface area contributed by atoms with E-state index in [4.69, 9.17) is 14.5 Å². The van der Waals surface area contributed by atoms with Crippen molar-refractivity contribution in [3.8, 4) is 17.6 Å². The van der Waals surface area contributed by atoms with Crippen LogP contribution in [0.3, 0.4) is 0 Å². The molecule has 0 radical (unpaired) electrons. The van der Waals surface area contributed by atoms with Crippen LogP contribution in [0.5, 0.6) is 11.5 Å². The number of aromatic nitrogens is 2. The first-order valence-electron chi connectivity index (χ1n) is 13.5. The third-order valence-electron chi connectivity index (χ3n) is 8.43. The lowest BCUT2D eigenvalue weighted by Crippen LogP contribution is -2.44. The van der Waals surface area contributed by atoms with Gasteiger partial charge in [0, 0.05) is 38.4 Å². The number of halogens is 1. The fraction of sp³-hybridized carbons (Fsp3) is 0.464. The molecule has 210 valence electrons. The maximum Gasteiger partial charge on any atom is 0.301 e. The predicted octanol–water partition coefficient (Wildman–Crippen LogP) is 4.06. The minimum Gasteiger partial charge on any atom is -0.453 e. The van der Waals surface area contributed by atoms with E-state index in [1.54, 1.807) is 18.2 Å². The van der Waals surface area contributed by atoms with Gasteiger partial charge >= 0.3 is 10.2 Å². The Morgan fingerprint density at radius 1 is 1.20 bits per heavy atom. The lowest BCUT2D eigenvalue weighted by atomic mass is 9.57. The van der Waals surface area contributed by atoms with E-state index in [1.165, 1.54) is 30.3 Å². The van der Waals surface area contributed by atoms with Gasteiger partial charge in [0.05, 0.1) is 28.5 Å². The van der Waals surface area contributed by atoms with Crippen LogP contribution < -0.4 is 14.8 Å². The maximum absolute atomic E-state index is 14.9. The summed E-state index contributed by atoms with van der Waals surface area (Å²) in [7, 11) is -2.46. The first kappa shape index (κ1) is 26.8. The van der Waals surface area contributed by atoms with Crippen LogP contribution in [0, 0.1) is 22.6 Å². The Labute approximate surface area is 232 Å². The van der Waals surface area contributed by atoms with E-state index in [0.29, 0.717) is 28.8 Å². The van der Waals surface area contributed by atoms with Crippen LogP contribution in [0.15, 0.2) is 36.5 Å². The van der Waals surface area contributed by atoms with Gasteiger partial charge in [-0.15, -0.1) is 0 Å². The van der Waals surface area contributed by atoms with E-state index in [0.717, 1.165) is 37.7 Å². The second kappa shape index (κ2) is 10.6. The number of nitrogens with one attached hydrogen (secondary N) is 2. The summed E-state index contributed by atoms with van der Waals surface area (Å²) in [4.78, 5) is 9.42. The van der Waals surface area contributed by atoms with Gasteiger partial charge in [0.25, 0.3) is 0 Å². The molecule has 2 saturated heterocycles. The monoisotopic (exact) mass is 566 g/mol. The van der Waals surface area contributed by atoms with Gasteiger partial charge in [-0.1, -0.05) is 0 Å². The third-order valence-corrected chi connectivity index (χ3v) is 9.92. The van der Waals surface area contributed by atoms with Gasteiger partial charge in [-0.25, -0.2) is 9.37 Å². The van der Waals surface area contributed by atoms with Crippen molar-refractivity contribution in [3.63, 3.8) is 0 Å². The highest BCUT2D eigenvalue weighted by Crippen LogP contribution is 2.55. The number of anilines is 1. The van der Waals surface area contributed by atoms with Gasteiger partial charge in [0.1, 0.15) is 17.4 Å². The topological polar surface area (TPSA) is 129 Å². The lowest BCUT2D eigenvalue weighted by molar-refractivity contribution is 0.0586. The van der Waals surface area contributed by atoms with Crippen molar-refractivity contribution in [1.29, 1.82) is 5.26 Å². The minimum atomic E-state index is -3.99. The second-order valence-electron chi connectivity index (χ2n) is 10.9. The molecule has 0 unspecified atom stereocenters. The molecular weight excluding hydrogens is 535 g/mol. The van der Waals surface area contributed by atoms with E-state index in [1.807, 2.05) is 12.3 Å². The molecule has 2 aliphatic heterocycles. The zero-order chi connectivity index (χ0) is 27.9. The number of rotatable bonds is 7. The molecular formula is C28H31FN6O4S. The molecule has 0 amide bonds. The summed E-state index contributed by atoms with van der Waals surface area (Å²) >= 11 is 0. The Kier molecular flexibility index (Phi) is 7.08. The zero-order valence-electron chi connectivity index (χ0n) is 22.2. The molecule has 10 nitrogen and oxygen atoms in total. The number of fused-ring (bicyclic) bond motifs is 1. The molecule has 3 aromatic rings. The lowest BCUT2D eigenvalue weighted by Gasteiger charge is -2.50. The molecule has 6 rings (SSSR count). The van der Waals surface area contributed by atoms with Crippen LogP contribution in [-0.2, 0) is 14.9 Å². The zero-order valence-corrected chi connectivity index (χ0v) is 23.0. The van der Waals surface area contributed by atoms with E-state index in [9.17, 15) is 18.1 Å². The number of nitrogens with zero attached hydrogens (tertiary/aromatic N) is 4. The van der Waals surface area contributed by atoms with Crippen molar-refractivity contribution in [3.05, 3.63) is 53.6 Å². The molecule has 40 heavy (non-hydrogen) atoms. The van der Waals surface area contributed by atoms with Gasteiger partial charge in [-0.3, -0.25) is 9.71 Å². The predicted molar refractivity (Wildman–Crippen MR) is 147 cm³/mol. The Balaban J connectivity index is 1.23. The van der Waals surface area contributed by atoms with Gasteiger partial charge < -0.3 is 14.8 Å². The van der Waals surface area contributed by atoms with E-state index < -0.39 is 16.0 Å². The second-order valence-corrected chi connectivity index (χ2v) is 12.6. The molecule has 1 atom stereocenters. The number of hydrogen-bond acceptors (Lipinski definition) is 8. The summed E-state index contributed by atoms with van der Waals surface area (Å²) in [6, 6.07) is 9.20. The number of nitriles is 1. The number of piperidine rings is 1. The van der Waals surface area contributed by atoms with Crippen molar-refractivity contribution in [2.45, 2.75) is 44.1 Å². The highest BCUT2D eigenvalue weighted by atomic mass is 32.2. The highest BCUT2D eigenvalue weighted by molar-refractivity contribution is 7.90. The van der Waals surface area contributed by atoms with Crippen LogP contribution in [0.25, 0.3) is 11.0 Å². The number of ether oxygens (including phenoxy) is 2. The van der Waals surface area contributed by atoms with Crippen molar-refractivity contribution in [2.24, 2.45) is 5.41 Å². The number of hydrogen-bond donors (Lipinski definition) is 2. The first-order valence-corrected chi connectivity index (χ1v) is 14.9.